The number of ether oxygens (including phenoxy) is 1. The minimum atomic E-state index is -0.214. The normalized spacial score (nSPS) is 11.8. The summed E-state index contributed by atoms with van der Waals surface area (Å²) in [6.07, 6.45) is 5.52. The summed E-state index contributed by atoms with van der Waals surface area (Å²) in [7, 11) is 0. The number of hydrogen-bond donors (Lipinski definition) is 0. The average Bonchev–Trinajstić information content (AvgIpc) is 3.64. The van der Waals surface area contributed by atoms with Crippen molar-refractivity contribution in [2.75, 3.05) is 6.61 Å². The molecule has 3 heterocycles. The topological polar surface area (TPSA) is 74.3 Å². The number of aromatic nitrogens is 5. The Labute approximate surface area is 236 Å². The molecule has 6 aromatic rings. The van der Waals surface area contributed by atoms with Crippen LogP contribution in [0, 0.1) is 6.92 Å². The number of nitrogens with zero attached hydrogens (tertiary/aromatic N) is 5. The number of fused-ring (bicyclic) bond motifs is 1. The highest BCUT2D eigenvalue weighted by Gasteiger charge is 2.16. The van der Waals surface area contributed by atoms with Crippen molar-refractivity contribution < 1.29 is 4.74 Å². The van der Waals surface area contributed by atoms with Crippen molar-refractivity contribution in [3.63, 3.8) is 0 Å². The van der Waals surface area contributed by atoms with Gasteiger partial charge in [-0.1, -0.05) is 70.3 Å². The molecule has 0 unspecified atom stereocenters. The number of benzene rings is 3. The highest BCUT2D eigenvalue weighted by Crippen LogP contribution is 2.30. The minimum absolute atomic E-state index is 0.214. The Morgan fingerprint density at radius 1 is 1.05 bits per heavy atom. The third-order valence-electron chi connectivity index (χ3n) is 6.15. The lowest BCUT2D eigenvalue weighted by Gasteiger charge is -2.08. The van der Waals surface area contributed by atoms with E-state index in [-0.39, 0.29) is 5.56 Å². The first-order valence-electron chi connectivity index (χ1n) is 12.2. The zero-order valence-corrected chi connectivity index (χ0v) is 23.3. The van der Waals surface area contributed by atoms with Crippen molar-refractivity contribution >= 4 is 38.3 Å². The molecule has 0 saturated heterocycles. The summed E-state index contributed by atoms with van der Waals surface area (Å²) in [5.74, 6) is 1.28. The van der Waals surface area contributed by atoms with Gasteiger partial charge in [-0.15, -0.1) is 5.10 Å². The molecule has 39 heavy (non-hydrogen) atoms. The second kappa shape index (κ2) is 10.4. The van der Waals surface area contributed by atoms with Gasteiger partial charge in [-0.2, -0.15) is 14.6 Å². The average molecular weight is 597 g/mol. The quantitative estimate of drug-likeness (QED) is 0.216. The fourth-order valence-corrected chi connectivity index (χ4v) is 5.42. The van der Waals surface area contributed by atoms with Crippen LogP contribution < -0.4 is 14.8 Å². The third kappa shape index (κ3) is 4.94. The molecule has 0 aliphatic rings. The standard InChI is InChI=1S/C30H22BrN5O2S/c1-3-15-38-24-13-14-25(19(2)16-24)27-21(18-35(33-27)23-7-5-4-6-8-23)17-26-29(37)36-30(39-26)32-28(34-36)20-9-11-22(31)12-10-20/h3-14,16-18H,1,15H2,2H3. The van der Waals surface area contributed by atoms with Crippen molar-refractivity contribution in [3.8, 4) is 34.1 Å². The zero-order chi connectivity index (χ0) is 26.9. The van der Waals surface area contributed by atoms with E-state index in [1.807, 2.05) is 96.7 Å². The van der Waals surface area contributed by atoms with Crippen LogP contribution in [-0.4, -0.2) is 31.0 Å². The molecule has 3 aromatic heterocycles. The second-order valence-corrected chi connectivity index (χ2v) is 10.8. The molecule has 7 nitrogen and oxygen atoms in total. The molecule has 0 aliphatic heterocycles. The van der Waals surface area contributed by atoms with Crippen LogP contribution in [0.1, 0.15) is 11.1 Å². The molecule has 0 aliphatic carbocycles. The van der Waals surface area contributed by atoms with Crippen LogP contribution in [-0.2, 0) is 0 Å². The van der Waals surface area contributed by atoms with Gasteiger partial charge in [-0.05, 0) is 61.0 Å². The van der Waals surface area contributed by atoms with Crippen molar-refractivity contribution in [3.05, 3.63) is 122 Å². The number of halogens is 1. The lowest BCUT2D eigenvalue weighted by Crippen LogP contribution is -2.23. The molecule has 6 rings (SSSR count). The van der Waals surface area contributed by atoms with Gasteiger partial charge >= 0.3 is 0 Å². The fourth-order valence-electron chi connectivity index (χ4n) is 4.26. The SMILES string of the molecule is C=CCOc1ccc(-c2nn(-c3ccccc3)cc2C=c2sc3nc(-c4ccc(Br)cc4)nn3c2=O)c(C)c1. The van der Waals surface area contributed by atoms with Crippen LogP contribution >= 0.6 is 27.3 Å². The highest BCUT2D eigenvalue weighted by atomic mass is 79.9. The van der Waals surface area contributed by atoms with Crippen molar-refractivity contribution in [1.29, 1.82) is 0 Å². The molecule has 0 N–H and O–H groups in total. The van der Waals surface area contributed by atoms with Crippen LogP contribution in [0.15, 0.2) is 101 Å². The zero-order valence-electron chi connectivity index (χ0n) is 20.9. The molecule has 0 fully saturated rings. The summed E-state index contributed by atoms with van der Waals surface area (Å²) in [6, 6.07) is 23.5. The molecular weight excluding hydrogens is 574 g/mol. The van der Waals surface area contributed by atoms with E-state index in [4.69, 9.17) is 9.84 Å². The number of para-hydroxylation sites is 1. The Morgan fingerprint density at radius 2 is 1.85 bits per heavy atom. The molecule has 0 amide bonds. The van der Waals surface area contributed by atoms with Gasteiger partial charge in [0, 0.05) is 27.4 Å². The molecule has 9 heteroatoms. The number of aryl methyl sites for hydroxylation is 1. The first-order valence-corrected chi connectivity index (χ1v) is 13.8. The summed E-state index contributed by atoms with van der Waals surface area (Å²) in [4.78, 5) is 18.5. The van der Waals surface area contributed by atoms with Crippen molar-refractivity contribution in [2.24, 2.45) is 0 Å². The Hall–Kier alpha value is -4.34. The van der Waals surface area contributed by atoms with E-state index < -0.39 is 0 Å². The molecule has 3 aromatic carbocycles. The first kappa shape index (κ1) is 25.0. The van der Waals surface area contributed by atoms with E-state index in [2.05, 4.69) is 32.6 Å². The Morgan fingerprint density at radius 3 is 2.56 bits per heavy atom. The summed E-state index contributed by atoms with van der Waals surface area (Å²) >= 11 is 4.75. The number of hydrogen-bond acceptors (Lipinski definition) is 6. The minimum Gasteiger partial charge on any atom is -0.490 e. The summed E-state index contributed by atoms with van der Waals surface area (Å²) in [6.45, 7) is 6.17. The number of thiazole rings is 1. The lowest BCUT2D eigenvalue weighted by molar-refractivity contribution is 0.363. The molecule has 0 atom stereocenters. The maximum absolute atomic E-state index is 13.3. The van der Waals surface area contributed by atoms with E-state index in [0.717, 1.165) is 43.9 Å². The maximum Gasteiger partial charge on any atom is 0.291 e. The second-order valence-electron chi connectivity index (χ2n) is 8.84. The van der Waals surface area contributed by atoms with Gasteiger partial charge in [0.15, 0.2) is 5.82 Å². The monoisotopic (exact) mass is 595 g/mol. The van der Waals surface area contributed by atoms with Gasteiger partial charge in [-0.25, -0.2) is 4.68 Å². The maximum atomic E-state index is 13.3. The molecular formula is C30H22BrN5O2S. The molecule has 0 radical (unpaired) electrons. The molecule has 0 bridgehead atoms. The van der Waals surface area contributed by atoms with E-state index in [1.165, 1.54) is 15.9 Å². The van der Waals surface area contributed by atoms with E-state index >= 15 is 0 Å². The highest BCUT2D eigenvalue weighted by molar-refractivity contribution is 9.10. The molecule has 0 spiro atoms. The van der Waals surface area contributed by atoms with Crippen LogP contribution in [0.5, 0.6) is 5.75 Å². The van der Waals surface area contributed by atoms with Crippen LogP contribution in [0.25, 0.3) is 39.4 Å². The van der Waals surface area contributed by atoms with Crippen molar-refractivity contribution in [2.45, 2.75) is 6.92 Å². The number of rotatable bonds is 7. The van der Waals surface area contributed by atoms with Gasteiger partial charge in [-0.3, -0.25) is 4.79 Å². The third-order valence-corrected chi connectivity index (χ3v) is 7.64. The fraction of sp³-hybridized carbons (Fsp3) is 0.0667. The summed E-state index contributed by atoms with van der Waals surface area (Å²) < 4.78 is 10.4. The molecule has 192 valence electrons. The van der Waals surface area contributed by atoms with E-state index in [9.17, 15) is 4.79 Å². The Balaban J connectivity index is 1.46. The van der Waals surface area contributed by atoms with Crippen LogP contribution in [0.2, 0.25) is 0 Å². The lowest BCUT2D eigenvalue weighted by atomic mass is 10.0. The Bertz CT molecular complexity index is 1920. The van der Waals surface area contributed by atoms with E-state index in [0.29, 0.717) is 21.9 Å². The van der Waals surface area contributed by atoms with Gasteiger partial charge in [0.25, 0.3) is 5.56 Å². The molecule has 0 saturated carbocycles. The largest absolute Gasteiger partial charge is 0.490 e. The van der Waals surface area contributed by atoms with Gasteiger partial charge in [0.1, 0.15) is 18.1 Å². The smallest absolute Gasteiger partial charge is 0.291 e. The van der Waals surface area contributed by atoms with Gasteiger partial charge < -0.3 is 4.74 Å². The first-order chi connectivity index (χ1) is 19.0. The van der Waals surface area contributed by atoms with E-state index in [1.54, 1.807) is 6.08 Å². The van der Waals surface area contributed by atoms with Crippen molar-refractivity contribution in [1.82, 2.24) is 24.4 Å². The summed E-state index contributed by atoms with van der Waals surface area (Å²) in [5, 5.41) is 9.40. The van der Waals surface area contributed by atoms with Crippen LogP contribution in [0.3, 0.4) is 0 Å². The van der Waals surface area contributed by atoms with Gasteiger partial charge in [0.05, 0.1) is 10.2 Å². The predicted molar refractivity (Wildman–Crippen MR) is 158 cm³/mol. The summed E-state index contributed by atoms with van der Waals surface area (Å²) in [5.41, 5.74) is 5.10. The van der Waals surface area contributed by atoms with Gasteiger partial charge in [0.2, 0.25) is 4.96 Å². The van der Waals surface area contributed by atoms with Crippen LogP contribution in [0.4, 0.5) is 0 Å². The Kier molecular flexibility index (Phi) is 6.68. The predicted octanol–water partition coefficient (Wildman–Crippen LogP) is 5.85.